The molecule has 166 valence electrons. The van der Waals surface area contributed by atoms with Crippen LogP contribution in [-0.2, 0) is 9.59 Å². The minimum atomic E-state index is -0.901. The number of anilines is 1. The molecule has 0 radical (unpaired) electrons. The van der Waals surface area contributed by atoms with Gasteiger partial charge in [0.2, 0.25) is 0 Å². The third kappa shape index (κ3) is 4.10. The maximum absolute atomic E-state index is 13.1. The van der Waals surface area contributed by atoms with E-state index in [-0.39, 0.29) is 16.8 Å². The zero-order valence-corrected chi connectivity index (χ0v) is 18.9. The first kappa shape index (κ1) is 22.2. The lowest BCUT2D eigenvalue weighted by atomic mass is 9.95. The number of hydrogen-bond acceptors (Lipinski definition) is 6. The summed E-state index contributed by atoms with van der Waals surface area (Å²) in [7, 11) is 1.52. The van der Waals surface area contributed by atoms with E-state index in [0.29, 0.717) is 17.0 Å². The summed E-state index contributed by atoms with van der Waals surface area (Å²) in [5.41, 5.74) is 0.988. The molecule has 0 bridgehead atoms. The zero-order valence-electron chi connectivity index (χ0n) is 17.3. The standard InChI is InChI=1S/C24H17BrN2O6/c1-33-19-12-10-17(11-13-19)26-21(14-2-6-16(25)7-3-14)20(23(29)24(26)30)22(28)15-4-8-18(9-5-15)27(31)32/h2-13,21,28H,1H3/b22-20+. The number of methoxy groups -OCH3 is 1. The predicted molar refractivity (Wildman–Crippen MR) is 125 cm³/mol. The normalized spacial score (nSPS) is 17.3. The minimum Gasteiger partial charge on any atom is -0.507 e. The number of aliphatic hydroxyl groups is 1. The molecule has 0 saturated carbocycles. The van der Waals surface area contributed by atoms with Crippen LogP contribution in [0.5, 0.6) is 5.75 Å². The molecular formula is C24H17BrN2O6. The molecule has 33 heavy (non-hydrogen) atoms. The summed E-state index contributed by atoms with van der Waals surface area (Å²) in [5, 5.41) is 22.0. The first-order chi connectivity index (χ1) is 15.8. The van der Waals surface area contributed by atoms with Gasteiger partial charge in [0.05, 0.1) is 23.6 Å². The molecule has 1 aliphatic rings. The largest absolute Gasteiger partial charge is 0.507 e. The molecule has 8 nitrogen and oxygen atoms in total. The molecule has 0 aromatic heterocycles. The van der Waals surface area contributed by atoms with Gasteiger partial charge in [-0.2, -0.15) is 0 Å². The highest BCUT2D eigenvalue weighted by Crippen LogP contribution is 2.42. The van der Waals surface area contributed by atoms with E-state index in [0.717, 1.165) is 4.47 Å². The topological polar surface area (TPSA) is 110 Å². The van der Waals surface area contributed by atoms with E-state index in [2.05, 4.69) is 15.9 Å². The van der Waals surface area contributed by atoms with Crippen molar-refractivity contribution >= 4 is 44.8 Å². The SMILES string of the molecule is COc1ccc(N2C(=O)C(=O)/C(=C(/O)c3ccc([N+](=O)[O-])cc3)C2c2ccc(Br)cc2)cc1. The summed E-state index contributed by atoms with van der Waals surface area (Å²) < 4.78 is 5.98. The Morgan fingerprint density at radius 3 is 2.15 bits per heavy atom. The Bertz CT molecular complexity index is 1270. The van der Waals surface area contributed by atoms with Gasteiger partial charge in [-0.1, -0.05) is 28.1 Å². The Kier molecular flexibility index (Phi) is 5.97. The Balaban J connectivity index is 1.89. The number of aliphatic hydroxyl groups excluding tert-OH is 1. The van der Waals surface area contributed by atoms with Crippen LogP contribution in [0.1, 0.15) is 17.2 Å². The summed E-state index contributed by atoms with van der Waals surface area (Å²) in [6.45, 7) is 0. The molecule has 0 spiro atoms. The highest BCUT2D eigenvalue weighted by Gasteiger charge is 2.47. The van der Waals surface area contributed by atoms with Gasteiger partial charge < -0.3 is 9.84 Å². The molecule has 9 heteroatoms. The smallest absolute Gasteiger partial charge is 0.300 e. The fraction of sp³-hybridized carbons (Fsp3) is 0.0833. The maximum atomic E-state index is 13.1. The quantitative estimate of drug-likeness (QED) is 0.171. The molecule has 1 fully saturated rings. The molecule has 1 aliphatic heterocycles. The van der Waals surface area contributed by atoms with Crippen molar-refractivity contribution in [3.8, 4) is 5.75 Å². The van der Waals surface area contributed by atoms with Crippen molar-refractivity contribution in [1.29, 1.82) is 0 Å². The number of halogens is 1. The van der Waals surface area contributed by atoms with Gasteiger partial charge in [-0.15, -0.1) is 0 Å². The lowest BCUT2D eigenvalue weighted by Gasteiger charge is -2.25. The Hall–Kier alpha value is -3.98. The number of non-ortho nitro benzene ring substituents is 1. The van der Waals surface area contributed by atoms with E-state index in [1.807, 2.05) is 0 Å². The van der Waals surface area contributed by atoms with Crippen LogP contribution in [0.2, 0.25) is 0 Å². The van der Waals surface area contributed by atoms with Crippen molar-refractivity contribution in [2.75, 3.05) is 12.0 Å². The number of amides is 1. The van der Waals surface area contributed by atoms with Crippen molar-refractivity contribution in [2.45, 2.75) is 6.04 Å². The number of benzene rings is 3. The number of hydrogen-bond donors (Lipinski definition) is 1. The Morgan fingerprint density at radius 1 is 1.00 bits per heavy atom. The lowest BCUT2D eigenvalue weighted by molar-refractivity contribution is -0.384. The molecule has 3 aromatic carbocycles. The number of ether oxygens (including phenoxy) is 1. The van der Waals surface area contributed by atoms with Gasteiger partial charge in [-0.05, 0) is 54.1 Å². The van der Waals surface area contributed by atoms with Crippen molar-refractivity contribution in [3.05, 3.63) is 104 Å². The molecule has 1 saturated heterocycles. The fourth-order valence-corrected chi connectivity index (χ4v) is 3.96. The molecule has 4 rings (SSSR count). The van der Waals surface area contributed by atoms with Crippen LogP contribution in [0.3, 0.4) is 0 Å². The van der Waals surface area contributed by atoms with Crippen LogP contribution in [0.15, 0.2) is 82.8 Å². The summed E-state index contributed by atoms with van der Waals surface area (Å²) in [6.07, 6.45) is 0. The van der Waals surface area contributed by atoms with Gasteiger partial charge in [-0.25, -0.2) is 0 Å². The van der Waals surface area contributed by atoms with Crippen LogP contribution < -0.4 is 9.64 Å². The zero-order chi connectivity index (χ0) is 23.7. The predicted octanol–water partition coefficient (Wildman–Crippen LogP) is 4.99. The summed E-state index contributed by atoms with van der Waals surface area (Å²) in [4.78, 5) is 37.9. The van der Waals surface area contributed by atoms with Crippen LogP contribution >= 0.6 is 15.9 Å². The molecule has 1 N–H and O–H groups in total. The van der Waals surface area contributed by atoms with Crippen molar-refractivity contribution in [2.24, 2.45) is 0 Å². The Labute approximate surface area is 197 Å². The van der Waals surface area contributed by atoms with Crippen LogP contribution in [0, 0.1) is 10.1 Å². The number of nitro benzene ring substituents is 1. The van der Waals surface area contributed by atoms with Gasteiger partial charge in [0, 0.05) is 27.9 Å². The van der Waals surface area contributed by atoms with Crippen LogP contribution in [0.25, 0.3) is 5.76 Å². The number of carbonyl (C=O) groups excluding carboxylic acids is 2. The van der Waals surface area contributed by atoms with E-state index >= 15 is 0 Å². The second-order valence-electron chi connectivity index (χ2n) is 7.22. The van der Waals surface area contributed by atoms with Gasteiger partial charge in [0.15, 0.2) is 0 Å². The van der Waals surface area contributed by atoms with Gasteiger partial charge in [-0.3, -0.25) is 24.6 Å². The summed E-state index contributed by atoms with van der Waals surface area (Å²) in [6, 6.07) is 17.9. The van der Waals surface area contributed by atoms with E-state index < -0.39 is 28.4 Å². The van der Waals surface area contributed by atoms with Gasteiger partial charge in [0.25, 0.3) is 17.4 Å². The fourth-order valence-electron chi connectivity index (χ4n) is 3.70. The highest BCUT2D eigenvalue weighted by atomic mass is 79.9. The molecule has 1 unspecified atom stereocenters. The molecule has 1 heterocycles. The number of nitro groups is 1. The highest BCUT2D eigenvalue weighted by molar-refractivity contribution is 9.10. The van der Waals surface area contributed by atoms with Crippen LogP contribution in [-0.4, -0.2) is 28.8 Å². The van der Waals surface area contributed by atoms with Crippen LogP contribution in [0.4, 0.5) is 11.4 Å². The average Bonchev–Trinajstić information content (AvgIpc) is 3.09. The molecule has 0 aliphatic carbocycles. The van der Waals surface area contributed by atoms with Crippen molar-refractivity contribution in [3.63, 3.8) is 0 Å². The molecule has 1 amide bonds. The Morgan fingerprint density at radius 2 is 1.61 bits per heavy atom. The molecule has 3 aromatic rings. The lowest BCUT2D eigenvalue weighted by Crippen LogP contribution is -2.29. The number of nitrogens with zero attached hydrogens (tertiary/aromatic N) is 2. The number of Topliss-reactive ketones (excluding diaryl/α,β-unsaturated/α-hetero) is 1. The second kappa shape index (κ2) is 8.87. The third-order valence-corrected chi connectivity index (χ3v) is 5.86. The van der Waals surface area contributed by atoms with Gasteiger partial charge in [0.1, 0.15) is 11.5 Å². The van der Waals surface area contributed by atoms with Crippen molar-refractivity contribution in [1.82, 2.24) is 0 Å². The van der Waals surface area contributed by atoms with Crippen molar-refractivity contribution < 1.29 is 24.4 Å². The van der Waals surface area contributed by atoms with E-state index in [1.54, 1.807) is 48.5 Å². The van der Waals surface area contributed by atoms with E-state index in [9.17, 15) is 24.8 Å². The summed E-state index contributed by atoms with van der Waals surface area (Å²) >= 11 is 3.38. The minimum absolute atomic E-state index is 0.105. The first-order valence-electron chi connectivity index (χ1n) is 9.77. The third-order valence-electron chi connectivity index (χ3n) is 5.33. The first-order valence-corrected chi connectivity index (χ1v) is 10.6. The maximum Gasteiger partial charge on any atom is 0.300 e. The van der Waals surface area contributed by atoms with E-state index in [4.69, 9.17) is 4.74 Å². The van der Waals surface area contributed by atoms with E-state index in [1.165, 1.54) is 36.3 Å². The average molecular weight is 509 g/mol. The molecular weight excluding hydrogens is 492 g/mol. The summed E-state index contributed by atoms with van der Waals surface area (Å²) in [5.74, 6) is -1.47. The number of carbonyl (C=O) groups is 2. The number of rotatable bonds is 5. The monoisotopic (exact) mass is 508 g/mol. The number of ketones is 1. The second-order valence-corrected chi connectivity index (χ2v) is 8.14. The van der Waals surface area contributed by atoms with Gasteiger partial charge >= 0.3 is 0 Å². The molecule has 1 atom stereocenters.